The Hall–Kier alpha value is -3.08. The zero-order valence-electron chi connectivity index (χ0n) is 17.4. The summed E-state index contributed by atoms with van der Waals surface area (Å²) in [6, 6.07) is 14.2. The van der Waals surface area contributed by atoms with Crippen molar-refractivity contribution in [1.29, 1.82) is 0 Å². The van der Waals surface area contributed by atoms with Gasteiger partial charge < -0.3 is 14.4 Å². The van der Waals surface area contributed by atoms with Crippen LogP contribution in [0, 0.1) is 6.92 Å². The van der Waals surface area contributed by atoms with Crippen molar-refractivity contribution in [2.24, 2.45) is 4.99 Å². The standard InChI is InChI=1S/C24H28N2O3/c1-17(15-19-7-5-6-8-23(19)25-3)22-10-9-21(16-18(22)2)29-20-11-13-26(14-12-20)24(27)28-4/h5-10,15-16,20H,3,11-14H2,1-2,4H3/b17-15+. The van der Waals surface area contributed by atoms with E-state index in [2.05, 4.69) is 43.8 Å². The first-order valence-electron chi connectivity index (χ1n) is 9.86. The molecular weight excluding hydrogens is 364 g/mol. The van der Waals surface area contributed by atoms with Crippen LogP contribution in [-0.2, 0) is 4.74 Å². The molecule has 0 aliphatic carbocycles. The van der Waals surface area contributed by atoms with Gasteiger partial charge in [-0.05, 0) is 61.5 Å². The highest BCUT2D eigenvalue weighted by Crippen LogP contribution is 2.29. The van der Waals surface area contributed by atoms with Crippen molar-refractivity contribution in [2.45, 2.75) is 32.8 Å². The first-order valence-corrected chi connectivity index (χ1v) is 9.86. The van der Waals surface area contributed by atoms with Gasteiger partial charge in [-0.25, -0.2) is 4.79 Å². The number of hydrogen-bond donors (Lipinski definition) is 0. The van der Waals surface area contributed by atoms with Crippen molar-refractivity contribution in [3.8, 4) is 5.75 Å². The molecule has 1 amide bonds. The SMILES string of the molecule is C=Nc1ccccc1/C=C(\C)c1ccc(OC2CCN(C(=O)OC)CC2)cc1C. The van der Waals surface area contributed by atoms with Crippen molar-refractivity contribution in [1.82, 2.24) is 4.90 Å². The number of benzene rings is 2. The summed E-state index contributed by atoms with van der Waals surface area (Å²) in [6.45, 7) is 9.17. The molecule has 1 saturated heterocycles. The zero-order chi connectivity index (χ0) is 20.8. The van der Waals surface area contributed by atoms with Gasteiger partial charge in [-0.2, -0.15) is 0 Å². The van der Waals surface area contributed by atoms with E-state index in [0.29, 0.717) is 13.1 Å². The number of methoxy groups -OCH3 is 1. The fourth-order valence-electron chi connectivity index (χ4n) is 3.69. The Labute approximate surface area is 172 Å². The predicted molar refractivity (Wildman–Crippen MR) is 118 cm³/mol. The second-order valence-corrected chi connectivity index (χ2v) is 7.30. The van der Waals surface area contributed by atoms with Crippen LogP contribution >= 0.6 is 0 Å². The highest BCUT2D eigenvalue weighted by molar-refractivity contribution is 5.85. The van der Waals surface area contributed by atoms with E-state index in [-0.39, 0.29) is 12.2 Å². The Kier molecular flexibility index (Phi) is 6.70. The van der Waals surface area contributed by atoms with Crippen LogP contribution in [0.25, 0.3) is 11.6 Å². The van der Waals surface area contributed by atoms with Gasteiger partial charge >= 0.3 is 6.09 Å². The second kappa shape index (κ2) is 9.41. The van der Waals surface area contributed by atoms with Gasteiger partial charge in [0.2, 0.25) is 0 Å². The first kappa shape index (κ1) is 20.6. The number of rotatable bonds is 5. The minimum Gasteiger partial charge on any atom is -0.490 e. The monoisotopic (exact) mass is 392 g/mol. The molecular formula is C24H28N2O3. The number of amides is 1. The van der Waals surface area contributed by atoms with Crippen molar-refractivity contribution in [3.05, 3.63) is 59.2 Å². The Balaban J connectivity index is 1.68. The topological polar surface area (TPSA) is 51.1 Å². The van der Waals surface area contributed by atoms with E-state index in [1.54, 1.807) is 4.90 Å². The number of carbonyl (C=O) groups excluding carboxylic acids is 1. The van der Waals surface area contributed by atoms with Gasteiger partial charge in [0.25, 0.3) is 0 Å². The van der Waals surface area contributed by atoms with E-state index in [1.807, 2.05) is 30.3 Å². The maximum Gasteiger partial charge on any atom is 0.409 e. The molecule has 0 N–H and O–H groups in total. The molecule has 1 heterocycles. The number of ether oxygens (including phenoxy) is 2. The zero-order valence-corrected chi connectivity index (χ0v) is 17.4. The molecule has 5 nitrogen and oxygen atoms in total. The molecule has 0 unspecified atom stereocenters. The molecule has 1 aliphatic heterocycles. The number of aliphatic imine (C=N–C) groups is 1. The van der Waals surface area contributed by atoms with E-state index in [9.17, 15) is 4.79 Å². The number of para-hydroxylation sites is 1. The molecule has 2 aromatic rings. The number of piperidine rings is 1. The molecule has 1 aliphatic rings. The van der Waals surface area contributed by atoms with Crippen LogP contribution in [0.1, 0.15) is 36.5 Å². The van der Waals surface area contributed by atoms with Gasteiger partial charge in [0.1, 0.15) is 11.9 Å². The van der Waals surface area contributed by atoms with Crippen LogP contribution in [-0.4, -0.2) is 44.0 Å². The third-order valence-corrected chi connectivity index (χ3v) is 5.28. The summed E-state index contributed by atoms with van der Waals surface area (Å²) in [4.78, 5) is 17.4. The van der Waals surface area contributed by atoms with Crippen LogP contribution in [0.5, 0.6) is 5.75 Å². The Bertz CT molecular complexity index is 912. The number of carbonyl (C=O) groups is 1. The van der Waals surface area contributed by atoms with Crippen molar-refractivity contribution >= 4 is 30.1 Å². The van der Waals surface area contributed by atoms with Gasteiger partial charge in [-0.1, -0.05) is 24.3 Å². The third kappa shape index (κ3) is 5.05. The van der Waals surface area contributed by atoms with Gasteiger partial charge in [-0.15, -0.1) is 0 Å². The average molecular weight is 392 g/mol. The lowest BCUT2D eigenvalue weighted by Gasteiger charge is -2.31. The van der Waals surface area contributed by atoms with E-state index in [4.69, 9.17) is 9.47 Å². The maximum atomic E-state index is 11.6. The molecule has 152 valence electrons. The molecule has 0 saturated carbocycles. The lowest BCUT2D eigenvalue weighted by molar-refractivity contribution is 0.0791. The average Bonchev–Trinajstić information content (AvgIpc) is 2.74. The quantitative estimate of drug-likeness (QED) is 0.499. The van der Waals surface area contributed by atoms with Crippen LogP contribution < -0.4 is 4.74 Å². The molecule has 0 spiro atoms. The second-order valence-electron chi connectivity index (χ2n) is 7.30. The summed E-state index contributed by atoms with van der Waals surface area (Å²) < 4.78 is 10.9. The Morgan fingerprint density at radius 3 is 2.59 bits per heavy atom. The molecule has 0 aromatic heterocycles. The van der Waals surface area contributed by atoms with Crippen LogP contribution in [0.4, 0.5) is 10.5 Å². The van der Waals surface area contributed by atoms with Gasteiger partial charge in [0, 0.05) is 31.5 Å². The van der Waals surface area contributed by atoms with Crippen LogP contribution in [0.3, 0.4) is 0 Å². The highest BCUT2D eigenvalue weighted by atomic mass is 16.5. The molecule has 2 aromatic carbocycles. The number of aryl methyl sites for hydroxylation is 1. The maximum absolute atomic E-state index is 11.6. The van der Waals surface area contributed by atoms with Gasteiger partial charge in [-0.3, -0.25) is 4.99 Å². The fraction of sp³-hybridized carbons (Fsp3) is 0.333. The first-order chi connectivity index (χ1) is 14.0. The largest absolute Gasteiger partial charge is 0.490 e. The van der Waals surface area contributed by atoms with Crippen molar-refractivity contribution in [2.75, 3.05) is 20.2 Å². The van der Waals surface area contributed by atoms with Gasteiger partial charge in [0.15, 0.2) is 0 Å². The smallest absolute Gasteiger partial charge is 0.409 e. The minimum absolute atomic E-state index is 0.114. The van der Waals surface area contributed by atoms with Crippen molar-refractivity contribution < 1.29 is 14.3 Å². The predicted octanol–water partition coefficient (Wildman–Crippen LogP) is 5.50. The summed E-state index contributed by atoms with van der Waals surface area (Å²) in [7, 11) is 1.41. The Morgan fingerprint density at radius 2 is 1.93 bits per heavy atom. The third-order valence-electron chi connectivity index (χ3n) is 5.28. The summed E-state index contributed by atoms with van der Waals surface area (Å²) in [6.07, 6.45) is 3.60. The van der Waals surface area contributed by atoms with E-state index in [1.165, 1.54) is 12.7 Å². The lowest BCUT2D eigenvalue weighted by Crippen LogP contribution is -2.41. The number of likely N-dealkylation sites (tertiary alicyclic amines) is 1. The molecule has 0 atom stereocenters. The molecule has 3 rings (SSSR count). The normalized spacial score (nSPS) is 15.1. The van der Waals surface area contributed by atoms with Crippen LogP contribution in [0.2, 0.25) is 0 Å². The van der Waals surface area contributed by atoms with Gasteiger partial charge in [0.05, 0.1) is 12.8 Å². The summed E-state index contributed by atoms with van der Waals surface area (Å²) in [5, 5.41) is 0. The molecule has 0 bridgehead atoms. The molecule has 5 heteroatoms. The summed E-state index contributed by atoms with van der Waals surface area (Å²) in [5.74, 6) is 0.865. The molecule has 0 radical (unpaired) electrons. The number of hydrogen-bond acceptors (Lipinski definition) is 4. The van der Waals surface area contributed by atoms with Crippen molar-refractivity contribution in [3.63, 3.8) is 0 Å². The van der Waals surface area contributed by atoms with E-state index >= 15 is 0 Å². The summed E-state index contributed by atoms with van der Waals surface area (Å²) >= 11 is 0. The van der Waals surface area contributed by atoms with E-state index in [0.717, 1.165) is 41.0 Å². The fourth-order valence-corrected chi connectivity index (χ4v) is 3.69. The number of nitrogens with zero attached hydrogens (tertiary/aromatic N) is 2. The summed E-state index contributed by atoms with van der Waals surface area (Å²) in [5.41, 5.74) is 5.43. The molecule has 1 fully saturated rings. The highest BCUT2D eigenvalue weighted by Gasteiger charge is 2.24. The molecule has 29 heavy (non-hydrogen) atoms. The number of allylic oxidation sites excluding steroid dienone is 1. The lowest BCUT2D eigenvalue weighted by atomic mass is 9.99. The van der Waals surface area contributed by atoms with Crippen LogP contribution in [0.15, 0.2) is 47.5 Å². The van der Waals surface area contributed by atoms with E-state index < -0.39 is 0 Å². The minimum atomic E-state index is -0.265. The Morgan fingerprint density at radius 1 is 1.21 bits per heavy atom.